The van der Waals surface area contributed by atoms with Gasteiger partial charge in [0.1, 0.15) is 0 Å². The fourth-order valence-electron chi connectivity index (χ4n) is 1.05. The van der Waals surface area contributed by atoms with Gasteiger partial charge in [-0.25, -0.2) is 0 Å². The van der Waals surface area contributed by atoms with Gasteiger partial charge in [-0.05, 0) is 12.8 Å². The van der Waals surface area contributed by atoms with Gasteiger partial charge in [0.05, 0.1) is 0 Å². The zero-order valence-electron chi connectivity index (χ0n) is 4.84. The Hall–Kier alpha value is 1.74. The van der Waals surface area contributed by atoms with E-state index in [0.717, 1.165) is 4.83 Å². The van der Waals surface area contributed by atoms with Gasteiger partial charge >= 0.3 is 0 Å². The maximum atomic E-state index is 3.59. The molecule has 0 aromatic rings. The molecule has 0 aromatic carbocycles. The fraction of sp³-hybridized carbons (Fsp3) is 1.00. The Balaban J connectivity index is 0.000000490. The molecular weight excluding hydrogens is 192 g/mol. The van der Waals surface area contributed by atoms with Gasteiger partial charge in [0.25, 0.3) is 0 Å². The van der Waals surface area contributed by atoms with Crippen molar-refractivity contribution in [3.05, 3.63) is 0 Å². The molecule has 1 saturated carbocycles. The van der Waals surface area contributed by atoms with Crippen molar-refractivity contribution in [1.29, 1.82) is 0 Å². The SMILES string of the molecule is BrC1CCCCC1.[Ar]. The number of hydrogen-bond acceptors (Lipinski definition) is 0. The normalized spacial score (nSPS) is 22.1. The summed E-state index contributed by atoms with van der Waals surface area (Å²) in [5.41, 5.74) is 0. The van der Waals surface area contributed by atoms with E-state index in [-0.39, 0.29) is 37.7 Å². The van der Waals surface area contributed by atoms with Crippen molar-refractivity contribution in [2.24, 2.45) is 0 Å². The monoisotopic (exact) mass is 202 g/mol. The Morgan fingerprint density at radius 1 is 1.00 bits per heavy atom. The number of halogens is 1. The second-order valence-electron chi connectivity index (χ2n) is 2.24. The van der Waals surface area contributed by atoms with E-state index in [2.05, 4.69) is 15.9 Å². The molecule has 0 bridgehead atoms. The van der Waals surface area contributed by atoms with Crippen molar-refractivity contribution in [2.45, 2.75) is 36.9 Å². The molecule has 0 spiro atoms. The van der Waals surface area contributed by atoms with Gasteiger partial charge in [-0.2, -0.15) is 0 Å². The molecule has 50 valence electrons. The molecule has 0 unspecified atom stereocenters. The first kappa shape index (κ1) is 9.74. The molecule has 8 heavy (non-hydrogen) atoms. The molecule has 0 amide bonds. The maximum Gasteiger partial charge on any atom is 0.0145 e. The second kappa shape index (κ2) is 5.52. The summed E-state index contributed by atoms with van der Waals surface area (Å²) in [7, 11) is 0. The van der Waals surface area contributed by atoms with Crippen molar-refractivity contribution in [2.75, 3.05) is 0 Å². The van der Waals surface area contributed by atoms with Crippen LogP contribution in [0.2, 0.25) is 0 Å². The molecule has 0 aliphatic heterocycles. The third-order valence-corrected chi connectivity index (χ3v) is 2.45. The molecular formula is C6H11ArBr. The van der Waals surface area contributed by atoms with E-state index in [9.17, 15) is 0 Å². The van der Waals surface area contributed by atoms with Crippen LogP contribution in [0.15, 0.2) is 0 Å². The van der Waals surface area contributed by atoms with Gasteiger partial charge < -0.3 is 0 Å². The molecule has 1 rings (SSSR count). The van der Waals surface area contributed by atoms with Gasteiger partial charge in [0.2, 0.25) is 0 Å². The van der Waals surface area contributed by atoms with Gasteiger partial charge in [-0.1, -0.05) is 35.2 Å². The zero-order chi connectivity index (χ0) is 5.11. The van der Waals surface area contributed by atoms with Crippen LogP contribution < -0.4 is 0 Å². The molecule has 0 radical (unpaired) electrons. The summed E-state index contributed by atoms with van der Waals surface area (Å²) in [6.45, 7) is 0. The van der Waals surface area contributed by atoms with Crippen molar-refractivity contribution < 1.29 is 37.7 Å². The van der Waals surface area contributed by atoms with Crippen LogP contribution >= 0.6 is 15.9 Å². The van der Waals surface area contributed by atoms with Crippen LogP contribution in [0, 0.1) is 37.7 Å². The van der Waals surface area contributed by atoms with E-state index in [1.54, 1.807) is 0 Å². The summed E-state index contributed by atoms with van der Waals surface area (Å²) < 4.78 is 0. The van der Waals surface area contributed by atoms with Gasteiger partial charge in [-0.3, -0.25) is 0 Å². The molecule has 2 heteroatoms. The zero-order valence-corrected chi connectivity index (χ0v) is 7.14. The van der Waals surface area contributed by atoms with Crippen LogP contribution in [0.5, 0.6) is 0 Å². The van der Waals surface area contributed by atoms with Crippen LogP contribution in [0.4, 0.5) is 0 Å². The average Bonchev–Trinajstić information content (AvgIpc) is 1.69. The summed E-state index contributed by atoms with van der Waals surface area (Å²) in [6, 6.07) is 0. The predicted molar refractivity (Wildman–Crippen MR) is 35.8 cm³/mol. The van der Waals surface area contributed by atoms with Crippen molar-refractivity contribution in [1.82, 2.24) is 0 Å². The number of rotatable bonds is 0. The summed E-state index contributed by atoms with van der Waals surface area (Å²) in [5.74, 6) is 0. The van der Waals surface area contributed by atoms with E-state index in [0.29, 0.717) is 0 Å². The van der Waals surface area contributed by atoms with E-state index < -0.39 is 0 Å². The molecule has 0 saturated heterocycles. The largest absolute Gasteiger partial charge is 0.0891 e. The summed E-state index contributed by atoms with van der Waals surface area (Å²) in [5, 5.41) is 0. The van der Waals surface area contributed by atoms with Crippen LogP contribution in [0.3, 0.4) is 0 Å². The molecule has 1 fully saturated rings. The van der Waals surface area contributed by atoms with Gasteiger partial charge in [-0.15, -0.1) is 0 Å². The Morgan fingerprint density at radius 3 is 1.75 bits per heavy atom. The van der Waals surface area contributed by atoms with Gasteiger partial charge in [0.15, 0.2) is 0 Å². The number of hydrogen-bond donors (Lipinski definition) is 0. The molecule has 0 aromatic heterocycles. The van der Waals surface area contributed by atoms with E-state index in [4.69, 9.17) is 0 Å². The summed E-state index contributed by atoms with van der Waals surface area (Å²) in [6.07, 6.45) is 7.15. The molecule has 1 aliphatic carbocycles. The molecule has 1 aliphatic rings. The first-order valence-electron chi connectivity index (χ1n) is 3.03. The minimum absolute atomic E-state index is 0. The number of alkyl halides is 1. The molecule has 0 nitrogen and oxygen atoms in total. The Morgan fingerprint density at radius 2 is 1.50 bits per heavy atom. The fourth-order valence-corrected chi connectivity index (χ4v) is 1.70. The van der Waals surface area contributed by atoms with Gasteiger partial charge in [0, 0.05) is 42.6 Å². The average molecular weight is 203 g/mol. The third kappa shape index (κ3) is 3.71. The smallest absolute Gasteiger partial charge is 0.0145 e. The Kier molecular flexibility index (Phi) is 6.72. The Bertz CT molecular complexity index is 50.5. The van der Waals surface area contributed by atoms with Crippen LogP contribution in [-0.4, -0.2) is 4.83 Å². The van der Waals surface area contributed by atoms with E-state index >= 15 is 0 Å². The third-order valence-electron chi connectivity index (χ3n) is 1.53. The molecule has 0 N–H and O–H groups in total. The minimum atomic E-state index is 0. The quantitative estimate of drug-likeness (QED) is 0.531. The second-order valence-corrected chi connectivity index (χ2v) is 3.53. The summed E-state index contributed by atoms with van der Waals surface area (Å²) >= 11 is 3.59. The minimum Gasteiger partial charge on any atom is -0.0891 e. The van der Waals surface area contributed by atoms with Crippen LogP contribution in [0.25, 0.3) is 0 Å². The molecule has 0 atom stereocenters. The van der Waals surface area contributed by atoms with Crippen molar-refractivity contribution in [3.8, 4) is 0 Å². The first-order chi connectivity index (χ1) is 3.39. The van der Waals surface area contributed by atoms with E-state index in [1.807, 2.05) is 0 Å². The molecule has 0 heterocycles. The predicted octanol–water partition coefficient (Wildman–Crippen LogP) is 2.71. The summed E-state index contributed by atoms with van der Waals surface area (Å²) in [4.78, 5) is 0.848. The standard InChI is InChI=1S/C6H11Br.Ar/c7-6-4-2-1-3-5-6;/h6H,1-5H2;. The van der Waals surface area contributed by atoms with Crippen molar-refractivity contribution >= 4 is 15.9 Å². The maximum absolute atomic E-state index is 3.59. The first-order valence-corrected chi connectivity index (χ1v) is 3.95. The topological polar surface area (TPSA) is 0 Å². The van der Waals surface area contributed by atoms with E-state index in [1.165, 1.54) is 32.1 Å². The van der Waals surface area contributed by atoms with Crippen LogP contribution in [-0.2, 0) is 0 Å². The van der Waals surface area contributed by atoms with Crippen LogP contribution in [0.1, 0.15) is 32.1 Å². The van der Waals surface area contributed by atoms with Crippen molar-refractivity contribution in [3.63, 3.8) is 0 Å². The Labute approximate surface area is 89.5 Å².